The highest BCUT2D eigenvalue weighted by molar-refractivity contribution is 6.31. The van der Waals surface area contributed by atoms with Crippen LogP contribution in [-0.4, -0.2) is 6.04 Å². The molecule has 112 valence electrons. The molecule has 0 bridgehead atoms. The van der Waals surface area contributed by atoms with Gasteiger partial charge in [0.1, 0.15) is 11.5 Å². The first kappa shape index (κ1) is 15.9. The molecule has 0 aliphatic heterocycles. The fraction of sp³-hybridized carbons (Fsp3) is 0.333. The zero-order valence-corrected chi connectivity index (χ0v) is 13.5. The van der Waals surface area contributed by atoms with Gasteiger partial charge >= 0.3 is 0 Å². The first-order chi connectivity index (χ1) is 9.97. The lowest BCUT2D eigenvalue weighted by Crippen LogP contribution is -2.18. The molecule has 2 aromatic rings. The summed E-state index contributed by atoms with van der Waals surface area (Å²) in [6, 6.07) is 13.9. The van der Waals surface area contributed by atoms with Crippen molar-refractivity contribution in [2.24, 2.45) is 5.73 Å². The molecule has 0 radical (unpaired) electrons. The van der Waals surface area contributed by atoms with E-state index in [0.717, 1.165) is 17.1 Å². The Labute approximate surface area is 131 Å². The van der Waals surface area contributed by atoms with Crippen LogP contribution in [0.25, 0.3) is 0 Å². The highest BCUT2D eigenvalue weighted by Gasteiger charge is 2.11. The van der Waals surface area contributed by atoms with Gasteiger partial charge in [0.05, 0.1) is 0 Å². The van der Waals surface area contributed by atoms with Gasteiger partial charge in [-0.15, -0.1) is 0 Å². The zero-order chi connectivity index (χ0) is 15.4. The van der Waals surface area contributed by atoms with Gasteiger partial charge in [0, 0.05) is 16.6 Å². The molecular formula is C18H22ClNO. The molecule has 21 heavy (non-hydrogen) atoms. The third-order valence-electron chi connectivity index (χ3n) is 3.35. The van der Waals surface area contributed by atoms with Crippen LogP contribution in [0.4, 0.5) is 0 Å². The third-order valence-corrected chi connectivity index (χ3v) is 3.71. The molecule has 2 aromatic carbocycles. The van der Waals surface area contributed by atoms with Crippen LogP contribution >= 0.6 is 11.6 Å². The predicted molar refractivity (Wildman–Crippen MR) is 89.4 cm³/mol. The van der Waals surface area contributed by atoms with Crippen molar-refractivity contribution in [1.29, 1.82) is 0 Å². The van der Waals surface area contributed by atoms with Gasteiger partial charge in [0.25, 0.3) is 0 Å². The Morgan fingerprint density at radius 3 is 2.48 bits per heavy atom. The standard InChI is InChI=1S/C18H22ClNO/c1-12(2)14-6-4-7-15(11-14)21-18-9-5-8-17(19)16(18)10-13(3)20/h4-9,11-13H,10,20H2,1-3H3. The Morgan fingerprint density at radius 1 is 1.10 bits per heavy atom. The van der Waals surface area contributed by atoms with E-state index in [1.54, 1.807) is 0 Å². The van der Waals surface area contributed by atoms with Crippen molar-refractivity contribution in [3.05, 3.63) is 58.6 Å². The third kappa shape index (κ3) is 4.23. The summed E-state index contributed by atoms with van der Waals surface area (Å²) in [6.45, 7) is 6.30. The lowest BCUT2D eigenvalue weighted by Gasteiger charge is -2.15. The second kappa shape index (κ2) is 6.97. The normalized spacial score (nSPS) is 12.5. The maximum atomic E-state index is 6.29. The molecule has 0 spiro atoms. The maximum absolute atomic E-state index is 6.29. The molecule has 0 aromatic heterocycles. The van der Waals surface area contributed by atoms with Crippen LogP contribution in [-0.2, 0) is 6.42 Å². The topological polar surface area (TPSA) is 35.2 Å². The van der Waals surface area contributed by atoms with E-state index in [9.17, 15) is 0 Å². The van der Waals surface area contributed by atoms with Crippen LogP contribution in [0.1, 0.15) is 37.8 Å². The summed E-state index contributed by atoms with van der Waals surface area (Å²) in [4.78, 5) is 0. The minimum Gasteiger partial charge on any atom is -0.457 e. The first-order valence-corrected chi connectivity index (χ1v) is 7.66. The molecule has 2 rings (SSSR count). The Morgan fingerprint density at radius 2 is 1.81 bits per heavy atom. The van der Waals surface area contributed by atoms with E-state index in [2.05, 4.69) is 26.0 Å². The number of halogens is 1. The Balaban J connectivity index is 2.31. The maximum Gasteiger partial charge on any atom is 0.132 e. The fourth-order valence-corrected chi connectivity index (χ4v) is 2.46. The Kier molecular flexibility index (Phi) is 5.27. The van der Waals surface area contributed by atoms with E-state index in [1.165, 1.54) is 5.56 Å². The molecule has 3 heteroatoms. The van der Waals surface area contributed by atoms with Crippen molar-refractivity contribution in [2.45, 2.75) is 39.2 Å². The molecule has 0 amide bonds. The highest BCUT2D eigenvalue weighted by Crippen LogP contribution is 2.32. The summed E-state index contributed by atoms with van der Waals surface area (Å²) in [5.74, 6) is 2.08. The summed E-state index contributed by atoms with van der Waals surface area (Å²) in [6.07, 6.45) is 0.693. The molecule has 2 N–H and O–H groups in total. The minimum absolute atomic E-state index is 0.0363. The van der Waals surface area contributed by atoms with Crippen LogP contribution < -0.4 is 10.5 Å². The quantitative estimate of drug-likeness (QED) is 0.829. The molecule has 2 nitrogen and oxygen atoms in total. The minimum atomic E-state index is 0.0363. The number of hydrogen-bond acceptors (Lipinski definition) is 2. The van der Waals surface area contributed by atoms with Gasteiger partial charge < -0.3 is 10.5 Å². The second-order valence-corrected chi connectivity index (χ2v) is 6.13. The van der Waals surface area contributed by atoms with Crippen molar-refractivity contribution < 1.29 is 4.74 Å². The number of hydrogen-bond donors (Lipinski definition) is 1. The van der Waals surface area contributed by atoms with Gasteiger partial charge in [-0.3, -0.25) is 0 Å². The largest absolute Gasteiger partial charge is 0.457 e. The van der Waals surface area contributed by atoms with E-state index in [-0.39, 0.29) is 6.04 Å². The van der Waals surface area contributed by atoms with Crippen molar-refractivity contribution in [3.63, 3.8) is 0 Å². The summed E-state index contributed by atoms with van der Waals surface area (Å²) in [7, 11) is 0. The van der Waals surface area contributed by atoms with Crippen molar-refractivity contribution >= 4 is 11.6 Å². The number of ether oxygens (including phenoxy) is 1. The smallest absolute Gasteiger partial charge is 0.132 e. The summed E-state index contributed by atoms with van der Waals surface area (Å²) in [5.41, 5.74) is 8.12. The monoisotopic (exact) mass is 303 g/mol. The summed E-state index contributed by atoms with van der Waals surface area (Å²) in [5, 5.41) is 0.699. The molecule has 1 unspecified atom stereocenters. The molecular weight excluding hydrogens is 282 g/mol. The molecule has 1 atom stereocenters. The fourth-order valence-electron chi connectivity index (χ4n) is 2.22. The van der Waals surface area contributed by atoms with E-state index < -0.39 is 0 Å². The van der Waals surface area contributed by atoms with Gasteiger partial charge in [-0.05, 0) is 49.1 Å². The van der Waals surface area contributed by atoms with Crippen LogP contribution in [0.3, 0.4) is 0 Å². The summed E-state index contributed by atoms with van der Waals surface area (Å²) < 4.78 is 6.04. The van der Waals surface area contributed by atoms with Gasteiger partial charge in [-0.2, -0.15) is 0 Å². The molecule has 0 aliphatic carbocycles. The molecule has 0 fully saturated rings. The second-order valence-electron chi connectivity index (χ2n) is 5.73. The first-order valence-electron chi connectivity index (χ1n) is 7.28. The van der Waals surface area contributed by atoms with Crippen molar-refractivity contribution in [1.82, 2.24) is 0 Å². The van der Waals surface area contributed by atoms with Crippen molar-refractivity contribution in [3.8, 4) is 11.5 Å². The van der Waals surface area contributed by atoms with E-state index in [1.807, 2.05) is 37.3 Å². The van der Waals surface area contributed by atoms with Crippen molar-refractivity contribution in [2.75, 3.05) is 0 Å². The number of benzene rings is 2. The molecule has 0 heterocycles. The predicted octanol–water partition coefficient (Wildman–Crippen LogP) is 5.15. The SMILES string of the molecule is CC(N)Cc1c(Cl)cccc1Oc1cccc(C(C)C)c1. The van der Waals surface area contributed by atoms with Gasteiger partial charge in [-0.25, -0.2) is 0 Å². The number of nitrogens with two attached hydrogens (primary N) is 1. The Bertz CT molecular complexity index is 608. The van der Waals surface area contributed by atoms with E-state index in [4.69, 9.17) is 22.1 Å². The molecule has 0 saturated heterocycles. The Hall–Kier alpha value is -1.51. The van der Waals surface area contributed by atoms with Crippen LogP contribution in [0.15, 0.2) is 42.5 Å². The summed E-state index contributed by atoms with van der Waals surface area (Å²) >= 11 is 6.29. The van der Waals surface area contributed by atoms with Gasteiger partial charge in [-0.1, -0.05) is 43.6 Å². The van der Waals surface area contributed by atoms with E-state index >= 15 is 0 Å². The lowest BCUT2D eigenvalue weighted by molar-refractivity contribution is 0.473. The van der Waals surface area contributed by atoms with Crippen LogP contribution in [0.5, 0.6) is 11.5 Å². The molecule has 0 aliphatic rings. The highest BCUT2D eigenvalue weighted by atomic mass is 35.5. The average Bonchev–Trinajstić information content (AvgIpc) is 2.42. The zero-order valence-electron chi connectivity index (χ0n) is 12.8. The van der Waals surface area contributed by atoms with Crippen LogP contribution in [0.2, 0.25) is 5.02 Å². The molecule has 0 saturated carbocycles. The van der Waals surface area contributed by atoms with Gasteiger partial charge in [0.15, 0.2) is 0 Å². The number of rotatable bonds is 5. The lowest BCUT2D eigenvalue weighted by atomic mass is 10.0. The van der Waals surface area contributed by atoms with Gasteiger partial charge in [0.2, 0.25) is 0 Å². The van der Waals surface area contributed by atoms with Crippen LogP contribution in [0, 0.1) is 0 Å². The van der Waals surface area contributed by atoms with E-state index in [0.29, 0.717) is 17.4 Å². The average molecular weight is 304 g/mol.